The van der Waals surface area contributed by atoms with E-state index in [0.29, 0.717) is 12.8 Å². The number of aliphatic hydroxyl groups is 4. The van der Waals surface area contributed by atoms with E-state index in [4.69, 9.17) is 18.5 Å². The molecule has 0 aromatic heterocycles. The lowest BCUT2D eigenvalue weighted by molar-refractivity contribution is -0.216. The molecule has 1 fully saturated rings. The quantitative estimate of drug-likeness (QED) is 0.0131. The van der Waals surface area contributed by atoms with Crippen LogP contribution >= 0.6 is 15.6 Å². The largest absolute Gasteiger partial charge is 0.472 e. The first-order valence-corrected chi connectivity index (χ1v) is 26.9. The lowest BCUT2D eigenvalue weighted by Gasteiger charge is -2.43. The molecule has 0 saturated heterocycles. The van der Waals surface area contributed by atoms with Gasteiger partial charge in [-0.2, -0.15) is 0 Å². The maximum atomic E-state index is 13.0. The minimum atomic E-state index is -5.37. The van der Waals surface area contributed by atoms with E-state index < -0.39 is 83.5 Å². The molecule has 0 radical (unpaired) electrons. The molecule has 1 saturated carbocycles. The van der Waals surface area contributed by atoms with E-state index in [1.807, 2.05) is 0 Å². The van der Waals surface area contributed by atoms with Gasteiger partial charge < -0.3 is 44.6 Å². The first kappa shape index (κ1) is 60.7. The van der Waals surface area contributed by atoms with Gasteiger partial charge in [0.25, 0.3) is 0 Å². The fraction of sp³-hybridized carbons (Fsp3) is 0.745. The third kappa shape index (κ3) is 32.2. The van der Waals surface area contributed by atoms with E-state index in [0.717, 1.165) is 77.0 Å². The SMILES string of the molecule is CC/C=C\C/C=C\C/C=C\C/C=C\C/C=C\CCCCCC(=O)OC[C@H](COP(=O)(O)O[C@H]1C(O)C(O)C(O)[C@@H](OP(=O)(O)O)C1O)OC(=O)CCCCCCCCCCCCCCC. The van der Waals surface area contributed by atoms with Gasteiger partial charge in [-0.25, -0.2) is 9.13 Å². The molecule has 0 aliphatic heterocycles. The molecule has 7 N–H and O–H groups in total. The number of hydrogen-bond acceptors (Lipinski definition) is 13. The van der Waals surface area contributed by atoms with Gasteiger partial charge in [-0.15, -0.1) is 0 Å². The molecule has 8 atom stereocenters. The maximum absolute atomic E-state index is 13.0. The fourth-order valence-electron chi connectivity index (χ4n) is 6.93. The van der Waals surface area contributed by atoms with Crippen LogP contribution in [0.3, 0.4) is 0 Å². The normalized spacial score (nSPS) is 22.2. The van der Waals surface area contributed by atoms with Crippen LogP contribution in [-0.4, -0.2) is 103 Å². The summed E-state index contributed by atoms with van der Waals surface area (Å²) in [4.78, 5) is 54.3. The number of allylic oxidation sites excluding steroid dienone is 10. The number of esters is 2. The summed E-state index contributed by atoms with van der Waals surface area (Å²) < 4.78 is 49.3. The Kier molecular flexibility index (Phi) is 35.2. The molecule has 1 rings (SSSR count). The average Bonchev–Trinajstić information content (AvgIpc) is 3.26. The molecule has 65 heavy (non-hydrogen) atoms. The summed E-state index contributed by atoms with van der Waals surface area (Å²) in [5.41, 5.74) is 0. The minimum absolute atomic E-state index is 0.0367. The molecule has 376 valence electrons. The first-order chi connectivity index (χ1) is 31.1. The van der Waals surface area contributed by atoms with Crippen molar-refractivity contribution in [2.24, 2.45) is 0 Å². The molecular formula is C47H82O16P2. The highest BCUT2D eigenvalue weighted by Gasteiger charge is 2.54. The molecule has 0 bridgehead atoms. The Balaban J connectivity index is 2.60. The summed E-state index contributed by atoms with van der Waals surface area (Å²) in [5, 5.41) is 41.2. The molecule has 16 nitrogen and oxygen atoms in total. The lowest BCUT2D eigenvalue weighted by atomic mass is 9.85. The van der Waals surface area contributed by atoms with Crippen molar-refractivity contribution in [2.45, 2.75) is 211 Å². The second kappa shape index (κ2) is 37.7. The van der Waals surface area contributed by atoms with Crippen molar-refractivity contribution in [1.82, 2.24) is 0 Å². The van der Waals surface area contributed by atoms with Gasteiger partial charge in [-0.05, 0) is 57.8 Å². The van der Waals surface area contributed by atoms with Gasteiger partial charge in [0, 0.05) is 12.8 Å². The number of aliphatic hydroxyl groups excluding tert-OH is 4. The van der Waals surface area contributed by atoms with Crippen molar-refractivity contribution in [1.29, 1.82) is 0 Å². The Labute approximate surface area is 388 Å². The summed E-state index contributed by atoms with van der Waals surface area (Å²) in [5.74, 6) is -1.24. The first-order valence-electron chi connectivity index (χ1n) is 23.8. The number of hydrogen-bond donors (Lipinski definition) is 7. The van der Waals surface area contributed by atoms with E-state index in [-0.39, 0.29) is 12.8 Å². The summed E-state index contributed by atoms with van der Waals surface area (Å²) >= 11 is 0. The van der Waals surface area contributed by atoms with Crippen LogP contribution in [-0.2, 0) is 41.8 Å². The molecule has 18 heteroatoms. The summed E-state index contributed by atoms with van der Waals surface area (Å²) in [6.07, 6.45) is 28.9. The summed E-state index contributed by atoms with van der Waals surface area (Å²) in [7, 11) is -10.7. The Morgan fingerprint density at radius 1 is 0.508 bits per heavy atom. The maximum Gasteiger partial charge on any atom is 0.472 e. The molecular weight excluding hydrogens is 882 g/mol. The van der Waals surface area contributed by atoms with E-state index in [9.17, 15) is 53.8 Å². The van der Waals surface area contributed by atoms with Gasteiger partial charge in [0.1, 0.15) is 43.2 Å². The average molecular weight is 965 g/mol. The molecule has 5 unspecified atom stereocenters. The second-order valence-electron chi connectivity index (χ2n) is 16.5. The molecule has 1 aliphatic rings. The van der Waals surface area contributed by atoms with Crippen molar-refractivity contribution in [3.05, 3.63) is 60.8 Å². The standard InChI is InChI=1S/C47H82O16P2/c1-3-5-7-9-11-13-15-17-18-19-20-21-22-24-25-27-29-31-33-35-40(48)59-37-39(61-41(49)36-34-32-30-28-26-23-16-14-12-10-8-6-4-2)38-60-65(57,58)63-47-44(52)42(50)43(51)46(45(47)53)62-64(54,55)56/h5,7,11,13,17-18,20-21,24-25,39,42-47,50-53H,3-4,6,8-10,12,14-16,19,22-23,26-38H2,1-2H3,(H,57,58)(H2,54,55,56)/b7-5-,13-11-,18-17-,21-20-,25-24-/t39-,42?,43?,44?,45?,46-,47+/m1/s1. The van der Waals surface area contributed by atoms with Gasteiger partial charge in [-0.1, -0.05) is 158 Å². The van der Waals surface area contributed by atoms with Gasteiger partial charge in [0.2, 0.25) is 0 Å². The van der Waals surface area contributed by atoms with Crippen LogP contribution in [0, 0.1) is 0 Å². The summed E-state index contributed by atoms with van der Waals surface area (Å²) in [6.45, 7) is 2.96. The third-order valence-corrected chi connectivity index (χ3v) is 12.1. The Morgan fingerprint density at radius 3 is 1.43 bits per heavy atom. The lowest BCUT2D eigenvalue weighted by Crippen LogP contribution is -2.64. The zero-order valence-electron chi connectivity index (χ0n) is 38.9. The van der Waals surface area contributed by atoms with Crippen molar-refractivity contribution >= 4 is 27.6 Å². The zero-order chi connectivity index (χ0) is 48.2. The summed E-state index contributed by atoms with van der Waals surface area (Å²) in [6, 6.07) is 0. The van der Waals surface area contributed by atoms with Crippen molar-refractivity contribution < 1.29 is 76.9 Å². The molecule has 0 aromatic carbocycles. The van der Waals surface area contributed by atoms with Gasteiger partial charge in [0.15, 0.2) is 6.10 Å². The van der Waals surface area contributed by atoms with Crippen molar-refractivity contribution in [3.8, 4) is 0 Å². The van der Waals surface area contributed by atoms with Crippen molar-refractivity contribution in [3.63, 3.8) is 0 Å². The molecule has 0 heterocycles. The fourth-order valence-corrected chi connectivity index (χ4v) is 8.47. The van der Waals surface area contributed by atoms with Crippen LogP contribution in [0.4, 0.5) is 0 Å². The van der Waals surface area contributed by atoms with E-state index in [2.05, 4.69) is 79.1 Å². The number of phosphoric acid groups is 2. The number of ether oxygens (including phenoxy) is 2. The monoisotopic (exact) mass is 965 g/mol. The number of carbonyl (C=O) groups is 2. The molecule has 1 aliphatic carbocycles. The number of unbranched alkanes of at least 4 members (excludes halogenated alkanes) is 15. The number of phosphoric ester groups is 2. The van der Waals surface area contributed by atoms with Crippen LogP contribution in [0.2, 0.25) is 0 Å². The van der Waals surface area contributed by atoms with E-state index in [1.54, 1.807) is 0 Å². The Hall–Kier alpha value is -2.30. The van der Waals surface area contributed by atoms with E-state index in [1.165, 1.54) is 51.4 Å². The van der Waals surface area contributed by atoms with Crippen molar-refractivity contribution in [2.75, 3.05) is 13.2 Å². The van der Waals surface area contributed by atoms with Gasteiger partial charge in [-0.3, -0.25) is 23.2 Å². The highest BCUT2D eigenvalue weighted by Crippen LogP contribution is 2.49. The van der Waals surface area contributed by atoms with Gasteiger partial charge >= 0.3 is 27.6 Å². The van der Waals surface area contributed by atoms with Crippen LogP contribution in [0.1, 0.15) is 168 Å². The molecule has 0 amide bonds. The predicted octanol–water partition coefficient (Wildman–Crippen LogP) is 9.06. The van der Waals surface area contributed by atoms with Crippen LogP contribution in [0.15, 0.2) is 60.8 Å². The minimum Gasteiger partial charge on any atom is -0.462 e. The third-order valence-electron chi connectivity index (χ3n) is 10.6. The highest BCUT2D eigenvalue weighted by atomic mass is 31.2. The van der Waals surface area contributed by atoms with E-state index >= 15 is 0 Å². The Bertz CT molecular complexity index is 1490. The van der Waals surface area contributed by atoms with Crippen LogP contribution in [0.25, 0.3) is 0 Å². The van der Waals surface area contributed by atoms with Crippen LogP contribution < -0.4 is 0 Å². The molecule has 0 aromatic rings. The highest BCUT2D eigenvalue weighted by molar-refractivity contribution is 7.47. The van der Waals surface area contributed by atoms with Gasteiger partial charge in [0.05, 0.1) is 6.61 Å². The molecule has 0 spiro atoms. The Morgan fingerprint density at radius 2 is 0.938 bits per heavy atom. The predicted molar refractivity (Wildman–Crippen MR) is 250 cm³/mol. The smallest absolute Gasteiger partial charge is 0.462 e. The second-order valence-corrected chi connectivity index (χ2v) is 19.1. The number of carbonyl (C=O) groups excluding carboxylic acids is 2. The zero-order valence-corrected chi connectivity index (χ0v) is 40.7. The topological polar surface area (TPSA) is 256 Å². The number of rotatable bonds is 39. The van der Waals surface area contributed by atoms with Crippen LogP contribution in [0.5, 0.6) is 0 Å².